The van der Waals surface area contributed by atoms with Crippen molar-refractivity contribution in [2.24, 2.45) is 11.8 Å². The zero-order valence-electron chi connectivity index (χ0n) is 14.5. The van der Waals surface area contributed by atoms with Crippen LogP contribution in [0.15, 0.2) is 30.3 Å². The van der Waals surface area contributed by atoms with E-state index in [0.29, 0.717) is 12.5 Å². The number of carbonyl (C=O) groups excluding carboxylic acids is 1. The van der Waals surface area contributed by atoms with Gasteiger partial charge in [-0.2, -0.15) is 0 Å². The van der Waals surface area contributed by atoms with Crippen molar-refractivity contribution >= 4 is 6.03 Å². The number of urea groups is 1. The van der Waals surface area contributed by atoms with E-state index in [1.165, 1.54) is 37.7 Å². The van der Waals surface area contributed by atoms with Gasteiger partial charge < -0.3 is 15.3 Å². The summed E-state index contributed by atoms with van der Waals surface area (Å²) in [5.74, 6) is 0.762. The number of nitrogens with zero attached hydrogens (tertiary/aromatic N) is 1. The zero-order chi connectivity index (χ0) is 16.8. The highest BCUT2D eigenvalue weighted by atomic mass is 16.3. The molecule has 1 aromatic carbocycles. The molecule has 0 aromatic heterocycles. The number of hydrogen-bond donors (Lipinski definition) is 2. The van der Waals surface area contributed by atoms with Gasteiger partial charge >= 0.3 is 6.03 Å². The fourth-order valence-electron chi connectivity index (χ4n) is 4.22. The van der Waals surface area contributed by atoms with Crippen molar-refractivity contribution in [2.45, 2.75) is 51.0 Å². The molecule has 3 rings (SSSR count). The van der Waals surface area contributed by atoms with Crippen LogP contribution in [0.4, 0.5) is 4.79 Å². The Balaban J connectivity index is 1.70. The summed E-state index contributed by atoms with van der Waals surface area (Å²) in [6.07, 6.45) is 8.23. The molecule has 1 aliphatic carbocycles. The summed E-state index contributed by atoms with van der Waals surface area (Å²) < 4.78 is 0. The lowest BCUT2D eigenvalue weighted by Gasteiger charge is -2.36. The van der Waals surface area contributed by atoms with Gasteiger partial charge in [-0.25, -0.2) is 4.79 Å². The lowest BCUT2D eigenvalue weighted by molar-refractivity contribution is 0.124. The minimum atomic E-state index is 0.0348. The van der Waals surface area contributed by atoms with Gasteiger partial charge in [0.05, 0.1) is 6.04 Å². The topological polar surface area (TPSA) is 52.6 Å². The molecule has 1 saturated heterocycles. The Bertz CT molecular complexity index is 514. The molecule has 2 fully saturated rings. The molecule has 1 heterocycles. The lowest BCUT2D eigenvalue weighted by atomic mass is 9.81. The predicted molar refractivity (Wildman–Crippen MR) is 95.7 cm³/mol. The number of amides is 2. The van der Waals surface area contributed by atoms with Gasteiger partial charge in [0.2, 0.25) is 0 Å². The van der Waals surface area contributed by atoms with Gasteiger partial charge in [0.15, 0.2) is 0 Å². The normalized spacial score (nSPS) is 23.7. The largest absolute Gasteiger partial charge is 0.396 e. The van der Waals surface area contributed by atoms with Crippen molar-refractivity contribution < 1.29 is 9.90 Å². The molecule has 1 aliphatic heterocycles. The first-order valence-corrected chi connectivity index (χ1v) is 9.49. The fourth-order valence-corrected chi connectivity index (χ4v) is 4.22. The average Bonchev–Trinajstić information content (AvgIpc) is 2.67. The Labute approximate surface area is 145 Å². The van der Waals surface area contributed by atoms with E-state index in [0.717, 1.165) is 19.4 Å². The van der Waals surface area contributed by atoms with Crippen molar-refractivity contribution in [1.29, 1.82) is 0 Å². The molecule has 0 spiro atoms. The second-order valence-corrected chi connectivity index (χ2v) is 7.37. The van der Waals surface area contributed by atoms with E-state index in [4.69, 9.17) is 0 Å². The molecular weight excluding hydrogens is 300 g/mol. The summed E-state index contributed by atoms with van der Waals surface area (Å²) in [7, 11) is 0. The van der Waals surface area contributed by atoms with E-state index < -0.39 is 0 Å². The average molecular weight is 330 g/mol. The smallest absolute Gasteiger partial charge is 0.317 e. The van der Waals surface area contributed by atoms with Gasteiger partial charge in [-0.1, -0.05) is 49.6 Å². The fraction of sp³-hybridized carbons (Fsp3) is 0.650. The Hall–Kier alpha value is -1.55. The number of benzene rings is 1. The SMILES string of the molecule is O=C(NC(c1ccccc1)C1CCCCC1)N1CCCC(CO)C1. The maximum Gasteiger partial charge on any atom is 0.317 e. The molecule has 2 amide bonds. The van der Waals surface area contributed by atoms with Gasteiger partial charge in [0.1, 0.15) is 0 Å². The second kappa shape index (κ2) is 8.52. The third kappa shape index (κ3) is 4.29. The lowest BCUT2D eigenvalue weighted by Crippen LogP contribution is -2.48. The molecule has 2 N–H and O–H groups in total. The van der Waals surface area contributed by atoms with E-state index in [9.17, 15) is 9.90 Å². The molecule has 4 nitrogen and oxygen atoms in total. The van der Waals surface area contributed by atoms with Crippen LogP contribution in [0.1, 0.15) is 56.6 Å². The number of aliphatic hydroxyl groups is 1. The van der Waals surface area contributed by atoms with Crippen molar-refractivity contribution in [1.82, 2.24) is 10.2 Å². The highest BCUT2D eigenvalue weighted by Crippen LogP contribution is 2.34. The minimum Gasteiger partial charge on any atom is -0.396 e. The zero-order valence-corrected chi connectivity index (χ0v) is 14.5. The molecule has 4 heteroatoms. The second-order valence-electron chi connectivity index (χ2n) is 7.37. The Morgan fingerprint density at radius 3 is 2.58 bits per heavy atom. The highest BCUT2D eigenvalue weighted by molar-refractivity contribution is 5.75. The molecule has 132 valence electrons. The van der Waals surface area contributed by atoms with Crippen LogP contribution in [0.25, 0.3) is 0 Å². The third-order valence-electron chi connectivity index (χ3n) is 5.62. The summed E-state index contributed by atoms with van der Waals surface area (Å²) in [6.45, 7) is 1.65. The number of nitrogens with one attached hydrogen (secondary N) is 1. The Morgan fingerprint density at radius 2 is 1.88 bits per heavy atom. The number of hydrogen-bond acceptors (Lipinski definition) is 2. The van der Waals surface area contributed by atoms with Gasteiger partial charge in [-0.15, -0.1) is 0 Å². The number of carbonyl (C=O) groups is 1. The predicted octanol–water partition coefficient (Wildman–Crippen LogP) is 3.72. The molecule has 24 heavy (non-hydrogen) atoms. The van der Waals surface area contributed by atoms with Crippen LogP contribution < -0.4 is 5.32 Å². The van der Waals surface area contributed by atoms with Crippen LogP contribution >= 0.6 is 0 Å². The molecule has 0 bridgehead atoms. The highest BCUT2D eigenvalue weighted by Gasteiger charge is 2.29. The molecular formula is C20H30N2O2. The van der Waals surface area contributed by atoms with Gasteiger partial charge in [0.25, 0.3) is 0 Å². The first-order valence-electron chi connectivity index (χ1n) is 9.49. The maximum atomic E-state index is 12.8. The van der Waals surface area contributed by atoms with Crippen LogP contribution in [0.3, 0.4) is 0 Å². The summed E-state index contributed by atoms with van der Waals surface area (Å²) in [5, 5.41) is 12.7. The first-order chi connectivity index (χ1) is 11.8. The van der Waals surface area contributed by atoms with Crippen molar-refractivity contribution in [3.63, 3.8) is 0 Å². The van der Waals surface area contributed by atoms with E-state index in [1.54, 1.807) is 0 Å². The number of rotatable bonds is 4. The maximum absolute atomic E-state index is 12.8. The number of likely N-dealkylation sites (tertiary alicyclic amines) is 1. The summed E-state index contributed by atoms with van der Waals surface area (Å²) in [4.78, 5) is 14.7. The van der Waals surface area contributed by atoms with Crippen LogP contribution in [0.5, 0.6) is 0 Å². The van der Waals surface area contributed by atoms with Crippen molar-refractivity contribution in [3.05, 3.63) is 35.9 Å². The quantitative estimate of drug-likeness (QED) is 0.884. The van der Waals surface area contributed by atoms with Gasteiger partial charge in [-0.3, -0.25) is 0 Å². The van der Waals surface area contributed by atoms with Crippen LogP contribution in [-0.2, 0) is 0 Å². The van der Waals surface area contributed by atoms with E-state index in [2.05, 4.69) is 29.6 Å². The molecule has 2 atom stereocenters. The van der Waals surface area contributed by atoms with Crippen molar-refractivity contribution in [3.8, 4) is 0 Å². The van der Waals surface area contributed by atoms with E-state index in [1.807, 2.05) is 11.0 Å². The van der Waals surface area contributed by atoms with Gasteiger partial charge in [0, 0.05) is 19.7 Å². The molecule has 1 aromatic rings. The monoisotopic (exact) mass is 330 g/mol. The summed E-state index contributed by atoms with van der Waals surface area (Å²) in [5.41, 5.74) is 1.22. The molecule has 0 radical (unpaired) electrons. The molecule has 2 unspecified atom stereocenters. The van der Waals surface area contributed by atoms with Crippen LogP contribution in [-0.4, -0.2) is 35.7 Å². The standard InChI is InChI=1S/C20H30N2O2/c23-15-16-8-7-13-22(14-16)20(24)21-19(17-9-3-1-4-10-17)18-11-5-2-6-12-18/h1,3-4,9-10,16,18-19,23H,2,5-8,11-15H2,(H,21,24). The van der Waals surface area contributed by atoms with Gasteiger partial charge in [-0.05, 0) is 43.1 Å². The van der Waals surface area contributed by atoms with E-state index in [-0.39, 0.29) is 24.6 Å². The van der Waals surface area contributed by atoms with Crippen molar-refractivity contribution in [2.75, 3.05) is 19.7 Å². The molecule has 1 saturated carbocycles. The van der Waals surface area contributed by atoms with E-state index >= 15 is 0 Å². The number of aliphatic hydroxyl groups excluding tert-OH is 1. The summed E-state index contributed by atoms with van der Waals surface area (Å²) >= 11 is 0. The third-order valence-corrected chi connectivity index (χ3v) is 5.62. The minimum absolute atomic E-state index is 0.0348. The molecule has 2 aliphatic rings. The Kier molecular flexibility index (Phi) is 6.13. The Morgan fingerprint density at radius 1 is 1.12 bits per heavy atom. The number of piperidine rings is 1. The van der Waals surface area contributed by atoms with Crippen LogP contribution in [0.2, 0.25) is 0 Å². The summed E-state index contributed by atoms with van der Waals surface area (Å²) in [6, 6.07) is 10.5. The van der Waals surface area contributed by atoms with Crippen LogP contribution in [0, 0.1) is 11.8 Å². The first kappa shape index (κ1) is 17.3.